The molecule has 0 saturated carbocycles. The van der Waals surface area contributed by atoms with Gasteiger partial charge in [-0.25, -0.2) is 4.98 Å². The third-order valence-corrected chi connectivity index (χ3v) is 5.12. The lowest BCUT2D eigenvalue weighted by atomic mass is 10.0. The quantitative estimate of drug-likeness (QED) is 0.554. The Balaban J connectivity index is 1.59. The van der Waals surface area contributed by atoms with Crippen molar-refractivity contribution in [2.75, 3.05) is 13.8 Å². The second-order valence-corrected chi connectivity index (χ2v) is 7.52. The summed E-state index contributed by atoms with van der Waals surface area (Å²) in [5, 5.41) is 8.12. The van der Waals surface area contributed by atoms with Gasteiger partial charge < -0.3 is 9.47 Å². The van der Waals surface area contributed by atoms with E-state index in [2.05, 4.69) is 59.4 Å². The maximum atomic E-state index is 5.56. The summed E-state index contributed by atoms with van der Waals surface area (Å²) in [6, 6.07) is 16.7. The molecule has 6 nitrogen and oxygen atoms in total. The number of aryl methyl sites for hydroxylation is 1. The molecule has 146 valence electrons. The van der Waals surface area contributed by atoms with Crippen LogP contribution in [0.1, 0.15) is 16.8 Å². The molecule has 1 aliphatic rings. The molecule has 2 aromatic heterocycles. The highest BCUT2D eigenvalue weighted by atomic mass is 16.7. The fourth-order valence-electron chi connectivity index (χ4n) is 3.78. The third kappa shape index (κ3) is 3.54. The van der Waals surface area contributed by atoms with E-state index in [4.69, 9.17) is 14.5 Å². The Morgan fingerprint density at radius 1 is 1.03 bits per heavy atom. The second kappa shape index (κ2) is 7.22. The molecule has 0 aliphatic carbocycles. The predicted molar refractivity (Wildman–Crippen MR) is 112 cm³/mol. The molecule has 0 saturated heterocycles. The van der Waals surface area contributed by atoms with Gasteiger partial charge in [0.25, 0.3) is 0 Å². The highest BCUT2D eigenvalue weighted by Crippen LogP contribution is 2.37. The highest BCUT2D eigenvalue weighted by molar-refractivity contribution is 5.86. The number of nitrogens with one attached hydrogen (secondary N) is 1. The number of aromatic nitrogens is 3. The molecule has 0 radical (unpaired) electrons. The lowest BCUT2D eigenvalue weighted by Crippen LogP contribution is -2.18. The maximum absolute atomic E-state index is 5.56. The topological polar surface area (TPSA) is 63.3 Å². The number of hydrogen-bond acceptors (Lipinski definition) is 5. The Kier molecular flexibility index (Phi) is 4.41. The number of ether oxygens (including phenoxy) is 2. The van der Waals surface area contributed by atoms with E-state index in [1.54, 1.807) is 6.20 Å². The van der Waals surface area contributed by atoms with Gasteiger partial charge >= 0.3 is 0 Å². The van der Waals surface area contributed by atoms with Crippen molar-refractivity contribution >= 4 is 10.9 Å². The number of pyridine rings is 1. The van der Waals surface area contributed by atoms with Crippen molar-refractivity contribution in [3.63, 3.8) is 0 Å². The highest BCUT2D eigenvalue weighted by Gasteiger charge is 2.18. The molecular formula is C23H22N4O2. The number of rotatable bonds is 5. The van der Waals surface area contributed by atoms with Crippen molar-refractivity contribution in [2.24, 2.45) is 0 Å². The standard InChI is InChI=1S/C23H22N4O2/c1-15-4-3-5-16(8-15)23-18(12-27(2)13-19-6-7-24-26-19)9-17-10-21-22(29-14-28-21)11-20(17)25-23/h3-11H,12-14H2,1-2H3,(H,24,26). The lowest BCUT2D eigenvalue weighted by molar-refractivity contribution is 0.174. The molecule has 0 spiro atoms. The lowest BCUT2D eigenvalue weighted by Gasteiger charge is -2.19. The average molecular weight is 386 g/mol. The van der Waals surface area contributed by atoms with Crippen molar-refractivity contribution in [2.45, 2.75) is 20.0 Å². The SMILES string of the molecule is Cc1cccc(-c2nc3cc4c(cc3cc2CN(C)Cc2ccn[nH]2)OCO4)c1. The normalized spacial score (nSPS) is 12.8. The van der Waals surface area contributed by atoms with Gasteiger partial charge in [0.05, 0.1) is 11.2 Å². The van der Waals surface area contributed by atoms with E-state index in [0.717, 1.165) is 52.4 Å². The molecule has 4 aromatic rings. The van der Waals surface area contributed by atoms with Crippen LogP contribution in [-0.2, 0) is 13.1 Å². The molecule has 1 N–H and O–H groups in total. The monoisotopic (exact) mass is 386 g/mol. The van der Waals surface area contributed by atoms with Crippen molar-refractivity contribution in [3.05, 3.63) is 71.5 Å². The van der Waals surface area contributed by atoms with Crippen LogP contribution in [0.2, 0.25) is 0 Å². The van der Waals surface area contributed by atoms with Crippen LogP contribution in [0.25, 0.3) is 22.2 Å². The molecule has 2 aromatic carbocycles. The van der Waals surface area contributed by atoms with E-state index in [1.165, 1.54) is 11.1 Å². The van der Waals surface area contributed by atoms with Gasteiger partial charge in [-0.05, 0) is 43.8 Å². The first-order valence-corrected chi connectivity index (χ1v) is 9.63. The number of aromatic amines is 1. The minimum Gasteiger partial charge on any atom is -0.454 e. The van der Waals surface area contributed by atoms with Gasteiger partial charge in [0.1, 0.15) is 0 Å². The van der Waals surface area contributed by atoms with Gasteiger partial charge in [0.2, 0.25) is 6.79 Å². The van der Waals surface area contributed by atoms with E-state index >= 15 is 0 Å². The van der Waals surface area contributed by atoms with Crippen molar-refractivity contribution in [1.29, 1.82) is 0 Å². The van der Waals surface area contributed by atoms with Gasteiger partial charge in [-0.3, -0.25) is 10.00 Å². The summed E-state index contributed by atoms with van der Waals surface area (Å²) >= 11 is 0. The van der Waals surface area contributed by atoms with Crippen LogP contribution in [0.4, 0.5) is 0 Å². The van der Waals surface area contributed by atoms with Gasteiger partial charge in [-0.2, -0.15) is 5.10 Å². The van der Waals surface area contributed by atoms with E-state index in [1.807, 2.05) is 18.2 Å². The van der Waals surface area contributed by atoms with Crippen LogP contribution in [-0.4, -0.2) is 33.9 Å². The number of H-pyrrole nitrogens is 1. The van der Waals surface area contributed by atoms with Crippen LogP contribution in [0.5, 0.6) is 11.5 Å². The maximum Gasteiger partial charge on any atom is 0.231 e. The first-order chi connectivity index (χ1) is 14.2. The van der Waals surface area contributed by atoms with Crippen molar-refractivity contribution < 1.29 is 9.47 Å². The summed E-state index contributed by atoms with van der Waals surface area (Å²) in [4.78, 5) is 7.28. The van der Waals surface area contributed by atoms with Crippen LogP contribution >= 0.6 is 0 Å². The molecule has 6 heteroatoms. The second-order valence-electron chi connectivity index (χ2n) is 7.52. The van der Waals surface area contributed by atoms with E-state index < -0.39 is 0 Å². The first-order valence-electron chi connectivity index (χ1n) is 9.63. The summed E-state index contributed by atoms with van der Waals surface area (Å²) in [6.45, 7) is 3.91. The average Bonchev–Trinajstić information content (AvgIpc) is 3.37. The first kappa shape index (κ1) is 17.7. The predicted octanol–water partition coefficient (Wildman–Crippen LogP) is 4.29. The number of nitrogens with zero attached hydrogens (tertiary/aromatic N) is 3. The van der Waals surface area contributed by atoms with Gasteiger partial charge in [0, 0.05) is 42.0 Å². The van der Waals surface area contributed by atoms with Crippen LogP contribution in [0, 0.1) is 6.92 Å². The summed E-state index contributed by atoms with van der Waals surface area (Å²) in [6.07, 6.45) is 1.78. The van der Waals surface area contributed by atoms with Crippen LogP contribution < -0.4 is 9.47 Å². The molecule has 5 rings (SSSR count). The zero-order valence-electron chi connectivity index (χ0n) is 16.5. The zero-order valence-corrected chi connectivity index (χ0v) is 16.5. The Bertz CT molecular complexity index is 1170. The fourth-order valence-corrected chi connectivity index (χ4v) is 3.78. The molecule has 3 heterocycles. The van der Waals surface area contributed by atoms with E-state index in [0.29, 0.717) is 0 Å². The fraction of sp³-hybridized carbons (Fsp3) is 0.217. The Morgan fingerprint density at radius 2 is 1.90 bits per heavy atom. The van der Waals surface area contributed by atoms with Gasteiger partial charge in [0.15, 0.2) is 11.5 Å². The Labute approximate surface area is 169 Å². The number of benzene rings is 2. The third-order valence-electron chi connectivity index (χ3n) is 5.12. The summed E-state index contributed by atoms with van der Waals surface area (Å²) < 4.78 is 11.1. The van der Waals surface area contributed by atoms with Gasteiger partial charge in [-0.1, -0.05) is 23.8 Å². The van der Waals surface area contributed by atoms with E-state index in [-0.39, 0.29) is 6.79 Å². The Morgan fingerprint density at radius 3 is 2.69 bits per heavy atom. The smallest absolute Gasteiger partial charge is 0.231 e. The van der Waals surface area contributed by atoms with E-state index in [9.17, 15) is 0 Å². The molecule has 0 bridgehead atoms. The molecule has 0 unspecified atom stereocenters. The van der Waals surface area contributed by atoms with Crippen molar-refractivity contribution in [3.8, 4) is 22.8 Å². The zero-order chi connectivity index (χ0) is 19.8. The Hall–Kier alpha value is -3.38. The van der Waals surface area contributed by atoms with Crippen molar-refractivity contribution in [1.82, 2.24) is 20.1 Å². The number of hydrogen-bond donors (Lipinski definition) is 1. The summed E-state index contributed by atoms with van der Waals surface area (Å²) in [7, 11) is 2.10. The molecule has 1 aliphatic heterocycles. The minimum atomic E-state index is 0.260. The summed E-state index contributed by atoms with van der Waals surface area (Å²) in [5.74, 6) is 1.53. The van der Waals surface area contributed by atoms with Gasteiger partial charge in [-0.15, -0.1) is 0 Å². The largest absolute Gasteiger partial charge is 0.454 e. The molecule has 0 atom stereocenters. The number of fused-ring (bicyclic) bond motifs is 2. The molecule has 29 heavy (non-hydrogen) atoms. The molecule has 0 fully saturated rings. The minimum absolute atomic E-state index is 0.260. The van der Waals surface area contributed by atoms with Crippen LogP contribution in [0.15, 0.2) is 54.7 Å². The van der Waals surface area contributed by atoms with Crippen LogP contribution in [0.3, 0.4) is 0 Å². The molecular weight excluding hydrogens is 364 g/mol. The molecule has 0 amide bonds. The summed E-state index contributed by atoms with van der Waals surface area (Å²) in [5.41, 5.74) is 6.49.